The van der Waals surface area contributed by atoms with E-state index in [9.17, 15) is 13.2 Å². The zero-order valence-electron chi connectivity index (χ0n) is 17.8. The van der Waals surface area contributed by atoms with Gasteiger partial charge in [0.05, 0.1) is 23.8 Å². The molecule has 0 radical (unpaired) electrons. The van der Waals surface area contributed by atoms with Crippen LogP contribution in [0.25, 0.3) is 0 Å². The topological polar surface area (TPSA) is 84.9 Å². The van der Waals surface area contributed by atoms with E-state index in [4.69, 9.17) is 9.47 Å². The molecule has 2 saturated heterocycles. The quantitative estimate of drug-likeness (QED) is 0.765. The van der Waals surface area contributed by atoms with Crippen LogP contribution in [0.1, 0.15) is 34.3 Å². The molecule has 31 heavy (non-hydrogen) atoms. The molecule has 0 saturated carbocycles. The molecule has 4 rings (SSSR count). The van der Waals surface area contributed by atoms with E-state index >= 15 is 0 Å². The number of aryl methyl sites for hydroxylation is 1. The number of ether oxygens (including phenoxy) is 2. The second kappa shape index (κ2) is 8.98. The molecule has 2 fully saturated rings. The summed E-state index contributed by atoms with van der Waals surface area (Å²) >= 11 is 0. The molecule has 166 valence electrons. The first kappa shape index (κ1) is 21.8. The molecule has 2 aliphatic heterocycles. The minimum atomic E-state index is -3.74. The van der Waals surface area contributed by atoms with E-state index in [2.05, 4.69) is 4.72 Å². The summed E-state index contributed by atoms with van der Waals surface area (Å²) < 4.78 is 39.4. The van der Waals surface area contributed by atoms with Crippen LogP contribution in [-0.4, -0.2) is 51.8 Å². The molecule has 1 amide bonds. The molecule has 0 spiro atoms. The Morgan fingerprint density at radius 1 is 1.00 bits per heavy atom. The van der Waals surface area contributed by atoms with Crippen molar-refractivity contribution in [2.45, 2.75) is 37.9 Å². The summed E-state index contributed by atoms with van der Waals surface area (Å²) in [5.41, 5.74) is 2.93. The van der Waals surface area contributed by atoms with E-state index in [0.717, 1.165) is 24.0 Å². The predicted octanol–water partition coefficient (Wildman–Crippen LogP) is 3.33. The minimum absolute atomic E-state index is 0.0851. The standard InChI is InChI=1S/C23H28N2O5S/c1-16-4-3-5-21(17(16)2)24-31(27,28)20-8-6-18(7-9-20)22(26)25-12-10-19(11-13-25)23-29-14-15-30-23/h3-9,19,23-24H,10-15H2,1-2H3. The summed E-state index contributed by atoms with van der Waals surface area (Å²) in [7, 11) is -3.74. The van der Waals surface area contributed by atoms with E-state index in [0.29, 0.717) is 43.5 Å². The van der Waals surface area contributed by atoms with Gasteiger partial charge in [0.1, 0.15) is 0 Å². The van der Waals surface area contributed by atoms with Crippen molar-refractivity contribution in [2.24, 2.45) is 5.92 Å². The van der Waals surface area contributed by atoms with Crippen LogP contribution in [0.2, 0.25) is 0 Å². The largest absolute Gasteiger partial charge is 0.350 e. The summed E-state index contributed by atoms with van der Waals surface area (Å²) in [6.07, 6.45) is 1.52. The van der Waals surface area contributed by atoms with Gasteiger partial charge in [-0.1, -0.05) is 12.1 Å². The third kappa shape index (κ3) is 4.76. The first-order valence-electron chi connectivity index (χ1n) is 10.6. The maximum absolute atomic E-state index is 12.9. The number of nitrogens with zero attached hydrogens (tertiary/aromatic N) is 1. The van der Waals surface area contributed by atoms with Crippen molar-refractivity contribution in [3.8, 4) is 0 Å². The van der Waals surface area contributed by atoms with Crippen molar-refractivity contribution in [3.05, 3.63) is 59.2 Å². The van der Waals surface area contributed by atoms with Crippen LogP contribution in [0.3, 0.4) is 0 Å². The summed E-state index contributed by atoms with van der Waals surface area (Å²) in [4.78, 5) is 14.8. The molecule has 2 aromatic rings. The fraction of sp³-hybridized carbons (Fsp3) is 0.435. The molecule has 8 heteroatoms. The van der Waals surface area contributed by atoms with Gasteiger partial charge in [-0.15, -0.1) is 0 Å². The maximum Gasteiger partial charge on any atom is 0.261 e. The number of benzene rings is 2. The van der Waals surface area contributed by atoms with Crippen LogP contribution in [0, 0.1) is 19.8 Å². The molecule has 0 atom stereocenters. The van der Waals surface area contributed by atoms with Gasteiger partial charge in [0.15, 0.2) is 6.29 Å². The lowest BCUT2D eigenvalue weighted by atomic mass is 9.95. The second-order valence-electron chi connectivity index (χ2n) is 8.12. The highest BCUT2D eigenvalue weighted by Gasteiger charge is 2.32. The fourth-order valence-corrected chi connectivity index (χ4v) is 5.17. The number of sulfonamides is 1. The third-order valence-corrected chi connectivity index (χ3v) is 7.50. The number of nitrogens with one attached hydrogen (secondary N) is 1. The molecule has 7 nitrogen and oxygen atoms in total. The van der Waals surface area contributed by atoms with Crippen LogP contribution >= 0.6 is 0 Å². The Kier molecular flexibility index (Phi) is 6.31. The Morgan fingerprint density at radius 2 is 1.65 bits per heavy atom. The number of carbonyl (C=O) groups is 1. The van der Waals surface area contributed by atoms with Gasteiger partial charge in [-0.3, -0.25) is 9.52 Å². The minimum Gasteiger partial charge on any atom is -0.350 e. The normalized spacial score (nSPS) is 18.3. The first-order valence-corrected chi connectivity index (χ1v) is 12.0. The number of amides is 1. The maximum atomic E-state index is 12.9. The molecular weight excluding hydrogens is 416 g/mol. The SMILES string of the molecule is Cc1cccc(NS(=O)(=O)c2ccc(C(=O)N3CCC(C4OCCO4)CC3)cc2)c1C. The van der Waals surface area contributed by atoms with Gasteiger partial charge >= 0.3 is 0 Å². The van der Waals surface area contributed by atoms with E-state index < -0.39 is 10.0 Å². The molecular formula is C23H28N2O5S. The van der Waals surface area contributed by atoms with Gasteiger partial charge < -0.3 is 14.4 Å². The lowest BCUT2D eigenvalue weighted by Gasteiger charge is -2.33. The number of rotatable bonds is 5. The second-order valence-corrected chi connectivity index (χ2v) is 9.80. The highest BCUT2D eigenvalue weighted by molar-refractivity contribution is 7.92. The molecule has 2 heterocycles. The number of piperidine rings is 1. The van der Waals surface area contributed by atoms with E-state index in [1.165, 1.54) is 12.1 Å². The molecule has 0 aromatic heterocycles. The Bertz CT molecular complexity index is 1040. The zero-order valence-corrected chi connectivity index (χ0v) is 18.7. The third-order valence-electron chi connectivity index (χ3n) is 6.12. The van der Waals surface area contributed by atoms with Gasteiger partial charge in [0.25, 0.3) is 15.9 Å². The van der Waals surface area contributed by atoms with Gasteiger partial charge in [0, 0.05) is 24.6 Å². The van der Waals surface area contributed by atoms with Crippen LogP contribution < -0.4 is 4.72 Å². The fourth-order valence-electron chi connectivity index (χ4n) is 4.05. The van der Waals surface area contributed by atoms with Crippen molar-refractivity contribution in [1.82, 2.24) is 4.90 Å². The Balaban J connectivity index is 1.40. The van der Waals surface area contributed by atoms with Crippen LogP contribution in [0.4, 0.5) is 5.69 Å². The number of anilines is 1. The molecule has 0 aliphatic carbocycles. The van der Waals surface area contributed by atoms with Crippen molar-refractivity contribution < 1.29 is 22.7 Å². The van der Waals surface area contributed by atoms with Gasteiger partial charge in [-0.25, -0.2) is 8.42 Å². The lowest BCUT2D eigenvalue weighted by molar-refractivity contribution is -0.0956. The lowest BCUT2D eigenvalue weighted by Crippen LogP contribution is -2.41. The Morgan fingerprint density at radius 3 is 2.29 bits per heavy atom. The Hall–Kier alpha value is -2.42. The molecule has 0 unspecified atom stereocenters. The van der Waals surface area contributed by atoms with Crippen LogP contribution in [0.15, 0.2) is 47.4 Å². The van der Waals surface area contributed by atoms with Gasteiger partial charge in [0.2, 0.25) is 0 Å². The molecule has 2 aliphatic rings. The smallest absolute Gasteiger partial charge is 0.261 e. The highest BCUT2D eigenvalue weighted by Crippen LogP contribution is 2.27. The molecule has 0 bridgehead atoms. The summed E-state index contributed by atoms with van der Waals surface area (Å²) in [5.74, 6) is 0.230. The average molecular weight is 445 g/mol. The van der Waals surface area contributed by atoms with E-state index in [1.807, 2.05) is 30.9 Å². The highest BCUT2D eigenvalue weighted by atomic mass is 32.2. The first-order chi connectivity index (χ1) is 14.8. The summed E-state index contributed by atoms with van der Waals surface area (Å²) in [6, 6.07) is 11.6. The van der Waals surface area contributed by atoms with Crippen molar-refractivity contribution in [2.75, 3.05) is 31.0 Å². The summed E-state index contributed by atoms with van der Waals surface area (Å²) in [5, 5.41) is 0. The predicted molar refractivity (Wildman–Crippen MR) is 117 cm³/mol. The average Bonchev–Trinajstić information content (AvgIpc) is 3.32. The van der Waals surface area contributed by atoms with Crippen molar-refractivity contribution >= 4 is 21.6 Å². The number of carbonyl (C=O) groups excluding carboxylic acids is 1. The van der Waals surface area contributed by atoms with E-state index in [1.54, 1.807) is 18.2 Å². The monoisotopic (exact) mass is 444 g/mol. The van der Waals surface area contributed by atoms with E-state index in [-0.39, 0.29) is 17.1 Å². The number of hydrogen-bond donors (Lipinski definition) is 1. The molecule has 2 aromatic carbocycles. The van der Waals surface area contributed by atoms with Crippen molar-refractivity contribution in [3.63, 3.8) is 0 Å². The van der Waals surface area contributed by atoms with Gasteiger partial charge in [-0.05, 0) is 68.1 Å². The number of likely N-dealkylation sites (tertiary alicyclic amines) is 1. The van der Waals surface area contributed by atoms with Gasteiger partial charge in [-0.2, -0.15) is 0 Å². The number of hydrogen-bond acceptors (Lipinski definition) is 5. The zero-order chi connectivity index (χ0) is 22.0. The van der Waals surface area contributed by atoms with Crippen molar-refractivity contribution in [1.29, 1.82) is 0 Å². The molecule has 1 N–H and O–H groups in total. The Labute approximate surface area is 183 Å². The van der Waals surface area contributed by atoms with Crippen LogP contribution in [-0.2, 0) is 19.5 Å². The summed E-state index contributed by atoms with van der Waals surface area (Å²) in [6.45, 7) is 6.36. The van der Waals surface area contributed by atoms with Crippen LogP contribution in [0.5, 0.6) is 0 Å².